The third-order valence-corrected chi connectivity index (χ3v) is 3.19. The summed E-state index contributed by atoms with van der Waals surface area (Å²) in [7, 11) is 1.61. The molecule has 9 heteroatoms. The number of hydrogen-bond donors (Lipinski definition) is 2. The molecule has 2 N–H and O–H groups in total. The van der Waals surface area contributed by atoms with Gasteiger partial charge in [0.2, 0.25) is 0 Å². The molecule has 20 heavy (non-hydrogen) atoms. The summed E-state index contributed by atoms with van der Waals surface area (Å²) in [6, 6.07) is 2.09. The topological polar surface area (TPSA) is 110 Å². The van der Waals surface area contributed by atoms with Gasteiger partial charge in [-0.25, -0.2) is 0 Å². The zero-order valence-corrected chi connectivity index (χ0v) is 12.0. The van der Waals surface area contributed by atoms with Crippen molar-refractivity contribution in [2.75, 3.05) is 12.4 Å². The Kier molecular flexibility index (Phi) is 4.92. The number of nitrogens with one attached hydrogen (secondary N) is 2. The van der Waals surface area contributed by atoms with E-state index >= 15 is 0 Å². The van der Waals surface area contributed by atoms with Crippen molar-refractivity contribution < 1.29 is 9.85 Å². The van der Waals surface area contributed by atoms with Gasteiger partial charge in [-0.05, 0) is 19.4 Å². The minimum Gasteiger partial charge on any atom is -0.381 e. The average Bonchev–Trinajstić information content (AvgIpc) is 2.38. The van der Waals surface area contributed by atoms with Gasteiger partial charge < -0.3 is 10.6 Å². The van der Waals surface area contributed by atoms with E-state index in [0.29, 0.717) is 10.6 Å². The molecular formula is C11H14N4O4S. The quantitative estimate of drug-likeness (QED) is 0.487. The molecule has 108 valence electrons. The Morgan fingerprint density at radius 2 is 1.70 bits per heavy atom. The number of nitro benzene ring substituents is 2. The monoisotopic (exact) mass is 298 g/mol. The lowest BCUT2D eigenvalue weighted by Gasteiger charge is -2.16. The molecule has 1 atom stereocenters. The Labute approximate surface area is 120 Å². The summed E-state index contributed by atoms with van der Waals surface area (Å²) in [6.07, 6.45) is 0. The number of thiocarbonyl (C=S) groups is 1. The largest absolute Gasteiger partial charge is 0.381 e. The number of hydrogen-bond acceptors (Lipinski definition) is 6. The van der Waals surface area contributed by atoms with Crippen LogP contribution in [0.2, 0.25) is 0 Å². The number of benzene rings is 1. The summed E-state index contributed by atoms with van der Waals surface area (Å²) in [5.74, 6) is 0. The predicted molar refractivity (Wildman–Crippen MR) is 79.2 cm³/mol. The van der Waals surface area contributed by atoms with Crippen molar-refractivity contribution in [2.45, 2.75) is 19.9 Å². The Balaban J connectivity index is 3.37. The summed E-state index contributed by atoms with van der Waals surface area (Å²) < 4.78 is 0. The summed E-state index contributed by atoms with van der Waals surface area (Å²) in [5, 5.41) is 27.6. The smallest absolute Gasteiger partial charge is 0.299 e. The maximum absolute atomic E-state index is 11.1. The minimum absolute atomic E-state index is 0.143. The summed E-state index contributed by atoms with van der Waals surface area (Å²) in [5.41, 5.74) is -0.390. The molecule has 0 amide bonds. The molecule has 0 radical (unpaired) electrons. The Hall–Kier alpha value is -2.29. The first-order chi connectivity index (χ1) is 9.27. The highest BCUT2D eigenvalue weighted by molar-refractivity contribution is 7.80. The van der Waals surface area contributed by atoms with E-state index in [1.807, 2.05) is 0 Å². The Morgan fingerprint density at radius 3 is 2.05 bits per heavy atom. The van der Waals surface area contributed by atoms with Crippen LogP contribution in [0, 0.1) is 27.2 Å². The van der Waals surface area contributed by atoms with Crippen LogP contribution in [0.4, 0.5) is 17.1 Å². The van der Waals surface area contributed by atoms with E-state index in [0.717, 1.165) is 0 Å². The van der Waals surface area contributed by atoms with E-state index < -0.39 is 15.9 Å². The van der Waals surface area contributed by atoms with Crippen LogP contribution in [0.25, 0.3) is 0 Å². The fraction of sp³-hybridized carbons (Fsp3) is 0.364. The van der Waals surface area contributed by atoms with Gasteiger partial charge in [0.1, 0.15) is 0 Å². The van der Waals surface area contributed by atoms with Gasteiger partial charge in [-0.1, -0.05) is 12.2 Å². The molecule has 0 bridgehead atoms. The van der Waals surface area contributed by atoms with Crippen LogP contribution in [0.3, 0.4) is 0 Å². The normalized spacial score (nSPS) is 11.6. The van der Waals surface area contributed by atoms with Gasteiger partial charge in [0.25, 0.3) is 11.4 Å². The van der Waals surface area contributed by atoms with Gasteiger partial charge in [-0.15, -0.1) is 0 Å². The number of anilines is 1. The van der Waals surface area contributed by atoms with Crippen LogP contribution in [0.15, 0.2) is 12.1 Å². The fourth-order valence-electron chi connectivity index (χ4n) is 1.68. The number of nitrogens with zero attached hydrogens (tertiary/aromatic N) is 2. The van der Waals surface area contributed by atoms with Crippen LogP contribution in [0.1, 0.15) is 12.5 Å². The zero-order chi connectivity index (χ0) is 15.4. The second-order valence-electron chi connectivity index (χ2n) is 4.17. The third-order valence-electron chi connectivity index (χ3n) is 2.63. The second-order valence-corrected chi connectivity index (χ2v) is 4.61. The first kappa shape index (κ1) is 15.8. The van der Waals surface area contributed by atoms with Gasteiger partial charge >= 0.3 is 0 Å². The highest BCUT2D eigenvalue weighted by Gasteiger charge is 2.27. The molecule has 1 rings (SSSR count). The lowest BCUT2D eigenvalue weighted by atomic mass is 10.1. The lowest BCUT2D eigenvalue weighted by molar-refractivity contribution is -0.392. The standard InChI is InChI=1S/C11H14N4O4S/c1-6-4-8(14(16)17)10(9(5-6)15(18)19)13-7(2)11(20)12-3/h4-5,7,13H,1-3H3,(H,12,20). The minimum atomic E-state index is -0.655. The van der Waals surface area contributed by atoms with Crippen LogP contribution in [-0.4, -0.2) is 27.9 Å². The van der Waals surface area contributed by atoms with Crippen molar-refractivity contribution in [1.82, 2.24) is 5.32 Å². The van der Waals surface area contributed by atoms with Crippen molar-refractivity contribution in [3.63, 3.8) is 0 Å². The predicted octanol–water partition coefficient (Wildman–Crippen LogP) is 2.16. The van der Waals surface area contributed by atoms with Crippen molar-refractivity contribution in [1.29, 1.82) is 0 Å². The SMILES string of the molecule is CNC(=S)C(C)Nc1c([N+](=O)[O-])cc(C)cc1[N+](=O)[O-]. The van der Waals surface area contributed by atoms with Gasteiger partial charge in [-0.2, -0.15) is 0 Å². The average molecular weight is 298 g/mol. The number of nitro groups is 2. The molecule has 1 aromatic carbocycles. The first-order valence-corrected chi connectivity index (χ1v) is 6.10. The van der Waals surface area contributed by atoms with E-state index in [2.05, 4.69) is 10.6 Å². The van der Waals surface area contributed by atoms with Crippen LogP contribution >= 0.6 is 12.2 Å². The van der Waals surface area contributed by atoms with Crippen molar-refractivity contribution in [3.8, 4) is 0 Å². The second kappa shape index (κ2) is 6.24. The van der Waals surface area contributed by atoms with Crippen molar-refractivity contribution in [3.05, 3.63) is 37.9 Å². The molecule has 0 heterocycles. The number of likely N-dealkylation sites (N-methyl/N-ethyl adjacent to an activating group) is 1. The van der Waals surface area contributed by atoms with Crippen LogP contribution in [-0.2, 0) is 0 Å². The summed E-state index contributed by atoms with van der Waals surface area (Å²) in [6.45, 7) is 3.22. The van der Waals surface area contributed by atoms with E-state index in [-0.39, 0.29) is 17.1 Å². The molecule has 0 saturated heterocycles. The fourth-order valence-corrected chi connectivity index (χ4v) is 1.74. The highest BCUT2D eigenvalue weighted by Crippen LogP contribution is 2.35. The molecule has 0 aliphatic heterocycles. The molecule has 0 aromatic heterocycles. The Morgan fingerprint density at radius 1 is 1.25 bits per heavy atom. The molecule has 0 fully saturated rings. The summed E-state index contributed by atoms with van der Waals surface area (Å²) >= 11 is 5.01. The molecule has 1 aromatic rings. The van der Waals surface area contributed by atoms with Gasteiger partial charge in [0, 0.05) is 19.2 Å². The van der Waals surface area contributed by atoms with Gasteiger partial charge in [0.15, 0.2) is 5.69 Å². The molecule has 0 saturated carbocycles. The van der Waals surface area contributed by atoms with E-state index in [1.54, 1.807) is 20.9 Å². The summed E-state index contributed by atoms with van der Waals surface area (Å²) in [4.78, 5) is 21.2. The lowest BCUT2D eigenvalue weighted by Crippen LogP contribution is -2.34. The van der Waals surface area contributed by atoms with Crippen molar-refractivity contribution >= 4 is 34.3 Å². The molecular weight excluding hydrogens is 284 g/mol. The third kappa shape index (κ3) is 3.38. The molecule has 8 nitrogen and oxygen atoms in total. The van der Waals surface area contributed by atoms with Crippen LogP contribution in [0.5, 0.6) is 0 Å². The maximum Gasteiger partial charge on any atom is 0.299 e. The van der Waals surface area contributed by atoms with Gasteiger partial charge in [-0.3, -0.25) is 20.2 Å². The Bertz CT molecular complexity index is 541. The number of rotatable bonds is 5. The van der Waals surface area contributed by atoms with Crippen LogP contribution < -0.4 is 10.6 Å². The molecule has 0 aliphatic rings. The molecule has 0 aliphatic carbocycles. The van der Waals surface area contributed by atoms with E-state index in [1.165, 1.54) is 12.1 Å². The molecule has 1 unspecified atom stereocenters. The van der Waals surface area contributed by atoms with E-state index in [4.69, 9.17) is 12.2 Å². The number of aryl methyl sites for hydroxylation is 1. The highest BCUT2D eigenvalue weighted by atomic mass is 32.1. The van der Waals surface area contributed by atoms with Crippen molar-refractivity contribution in [2.24, 2.45) is 0 Å². The first-order valence-electron chi connectivity index (χ1n) is 5.69. The van der Waals surface area contributed by atoms with Gasteiger partial charge in [0.05, 0.1) is 20.9 Å². The maximum atomic E-state index is 11.1. The zero-order valence-electron chi connectivity index (χ0n) is 11.2. The molecule has 0 spiro atoms. The van der Waals surface area contributed by atoms with E-state index in [9.17, 15) is 20.2 Å².